The fraction of sp³-hybridized carbons (Fsp3) is 0.500. The topological polar surface area (TPSA) is 58.9 Å². The lowest BCUT2D eigenvalue weighted by Crippen LogP contribution is -2.29. The van der Waals surface area contributed by atoms with Crippen LogP contribution in [0.4, 0.5) is 0 Å². The van der Waals surface area contributed by atoms with Crippen molar-refractivity contribution in [3.63, 3.8) is 0 Å². The van der Waals surface area contributed by atoms with E-state index in [4.69, 9.17) is 19.5 Å². The summed E-state index contributed by atoms with van der Waals surface area (Å²) in [6, 6.07) is 5.14. The zero-order valence-electron chi connectivity index (χ0n) is 10.3. The zero-order chi connectivity index (χ0) is 12.7. The van der Waals surface area contributed by atoms with Crippen molar-refractivity contribution in [1.29, 1.82) is 0 Å². The van der Waals surface area contributed by atoms with Crippen LogP contribution >= 0.6 is 0 Å². The zero-order valence-corrected chi connectivity index (χ0v) is 10.3. The Hall–Kier alpha value is -1.04. The monoisotopic (exact) mass is 238 g/mol. The maximum atomic E-state index is 9.01. The van der Waals surface area contributed by atoms with Crippen molar-refractivity contribution in [3.8, 4) is 5.75 Å². The van der Waals surface area contributed by atoms with Gasteiger partial charge in [0.15, 0.2) is 0 Å². The van der Waals surface area contributed by atoms with Gasteiger partial charge in [0.25, 0.3) is 0 Å². The third kappa shape index (κ3) is 4.77. The molecule has 0 saturated heterocycles. The number of benzene rings is 1. The van der Waals surface area contributed by atoms with Gasteiger partial charge in [-0.2, -0.15) is 0 Å². The summed E-state index contributed by atoms with van der Waals surface area (Å²) >= 11 is 0. The van der Waals surface area contributed by atoms with E-state index in [1.165, 1.54) is 0 Å². The van der Waals surface area contributed by atoms with Gasteiger partial charge in [-0.3, -0.25) is 0 Å². The smallest absolute Gasteiger partial charge is 0.488 e. The number of methoxy groups -OCH3 is 1. The lowest BCUT2D eigenvalue weighted by Gasteiger charge is -2.10. The summed E-state index contributed by atoms with van der Waals surface area (Å²) in [5, 5.41) is 18.0. The Morgan fingerprint density at radius 1 is 1.18 bits per heavy atom. The normalized spacial score (nSPS) is 10.4. The first-order valence-electron chi connectivity index (χ1n) is 5.73. The molecule has 0 aromatic heterocycles. The van der Waals surface area contributed by atoms with E-state index in [9.17, 15) is 0 Å². The van der Waals surface area contributed by atoms with Crippen molar-refractivity contribution in [1.82, 2.24) is 0 Å². The minimum atomic E-state index is -1.43. The Morgan fingerprint density at radius 2 is 1.88 bits per heavy atom. The van der Waals surface area contributed by atoms with Gasteiger partial charge in [0.1, 0.15) is 5.75 Å². The number of unbranched alkanes of at least 4 members (excludes halogenated alkanes) is 1. The molecule has 0 aliphatic rings. The molecule has 0 aliphatic heterocycles. The summed E-state index contributed by atoms with van der Waals surface area (Å²) in [5.41, 5.74) is 1.39. The molecule has 0 aliphatic carbocycles. The summed E-state index contributed by atoms with van der Waals surface area (Å²) in [6.07, 6.45) is 1.92. The predicted octanol–water partition coefficient (Wildman–Crippen LogP) is 0.480. The van der Waals surface area contributed by atoms with Crippen molar-refractivity contribution in [2.45, 2.75) is 19.8 Å². The first-order valence-corrected chi connectivity index (χ1v) is 5.73. The summed E-state index contributed by atoms with van der Waals surface area (Å²) in [4.78, 5) is 0. The van der Waals surface area contributed by atoms with Crippen molar-refractivity contribution in [2.24, 2.45) is 0 Å². The largest absolute Gasteiger partial charge is 0.493 e. The van der Waals surface area contributed by atoms with Gasteiger partial charge in [0.05, 0.1) is 6.61 Å². The fourth-order valence-corrected chi connectivity index (χ4v) is 1.53. The van der Waals surface area contributed by atoms with Crippen LogP contribution in [0, 0.1) is 6.92 Å². The number of hydrogen-bond acceptors (Lipinski definition) is 4. The van der Waals surface area contributed by atoms with E-state index in [0.717, 1.165) is 30.8 Å². The SMILES string of the molecule is COCCCCOc1ccc(B(O)O)cc1C. The van der Waals surface area contributed by atoms with E-state index in [2.05, 4.69) is 0 Å². The minimum absolute atomic E-state index is 0.481. The molecule has 17 heavy (non-hydrogen) atoms. The highest BCUT2D eigenvalue weighted by atomic mass is 16.5. The summed E-state index contributed by atoms with van der Waals surface area (Å²) in [5.74, 6) is 0.784. The van der Waals surface area contributed by atoms with Gasteiger partial charge in [-0.1, -0.05) is 12.1 Å². The van der Waals surface area contributed by atoms with E-state index in [1.54, 1.807) is 25.3 Å². The second-order valence-corrected chi connectivity index (χ2v) is 3.95. The molecule has 1 aromatic carbocycles. The van der Waals surface area contributed by atoms with Crippen LogP contribution in [0.25, 0.3) is 0 Å². The highest BCUT2D eigenvalue weighted by Crippen LogP contribution is 2.15. The molecule has 0 fully saturated rings. The third-order valence-corrected chi connectivity index (χ3v) is 2.50. The number of aryl methyl sites for hydroxylation is 1. The molecular weight excluding hydrogens is 219 g/mol. The van der Waals surface area contributed by atoms with Crippen LogP contribution in [-0.2, 0) is 4.74 Å². The molecule has 0 heterocycles. The molecule has 4 nitrogen and oxygen atoms in total. The maximum absolute atomic E-state index is 9.01. The molecule has 0 radical (unpaired) electrons. The van der Waals surface area contributed by atoms with Crippen LogP contribution in [0.2, 0.25) is 0 Å². The Morgan fingerprint density at radius 3 is 2.47 bits per heavy atom. The van der Waals surface area contributed by atoms with E-state index >= 15 is 0 Å². The second-order valence-electron chi connectivity index (χ2n) is 3.95. The summed E-state index contributed by atoms with van der Waals surface area (Å²) in [7, 11) is 0.258. The average molecular weight is 238 g/mol. The molecule has 0 atom stereocenters. The van der Waals surface area contributed by atoms with E-state index in [1.807, 2.05) is 6.92 Å². The second kappa shape index (κ2) is 7.32. The van der Waals surface area contributed by atoms with E-state index in [0.29, 0.717) is 12.1 Å². The molecule has 1 rings (SSSR count). The molecule has 0 bridgehead atoms. The molecule has 0 saturated carbocycles. The Kier molecular flexibility index (Phi) is 6.04. The van der Waals surface area contributed by atoms with Crippen molar-refractivity contribution < 1.29 is 19.5 Å². The van der Waals surface area contributed by atoms with Gasteiger partial charge in [0, 0.05) is 13.7 Å². The highest BCUT2D eigenvalue weighted by Gasteiger charge is 2.12. The van der Waals surface area contributed by atoms with Gasteiger partial charge in [-0.15, -0.1) is 0 Å². The number of ether oxygens (including phenoxy) is 2. The molecule has 5 heteroatoms. The van der Waals surface area contributed by atoms with Crippen molar-refractivity contribution in [2.75, 3.05) is 20.3 Å². The van der Waals surface area contributed by atoms with Crippen LogP contribution in [-0.4, -0.2) is 37.5 Å². The fourth-order valence-electron chi connectivity index (χ4n) is 1.53. The van der Waals surface area contributed by atoms with Crippen LogP contribution in [0.5, 0.6) is 5.75 Å². The first-order chi connectivity index (χ1) is 8.15. The summed E-state index contributed by atoms with van der Waals surface area (Å²) in [6.45, 7) is 3.28. The van der Waals surface area contributed by atoms with Gasteiger partial charge >= 0.3 is 7.12 Å². The molecule has 2 N–H and O–H groups in total. The number of hydrogen-bond donors (Lipinski definition) is 2. The van der Waals surface area contributed by atoms with Crippen LogP contribution < -0.4 is 10.2 Å². The maximum Gasteiger partial charge on any atom is 0.488 e. The third-order valence-electron chi connectivity index (χ3n) is 2.50. The van der Waals surface area contributed by atoms with Crippen molar-refractivity contribution >= 4 is 12.6 Å². The minimum Gasteiger partial charge on any atom is -0.493 e. The Labute approximate surface area is 102 Å². The van der Waals surface area contributed by atoms with Crippen molar-refractivity contribution in [3.05, 3.63) is 23.8 Å². The van der Waals surface area contributed by atoms with E-state index in [-0.39, 0.29) is 0 Å². The standard InChI is InChI=1S/C12H19BO4/c1-10-9-11(13(14)15)5-6-12(10)17-8-4-3-7-16-2/h5-6,9,14-15H,3-4,7-8H2,1-2H3. The van der Waals surface area contributed by atoms with E-state index < -0.39 is 7.12 Å². The Bertz CT molecular complexity index is 341. The van der Waals surface area contributed by atoms with Gasteiger partial charge in [0.2, 0.25) is 0 Å². The lowest BCUT2D eigenvalue weighted by atomic mass is 9.79. The van der Waals surface area contributed by atoms with Crippen LogP contribution in [0.15, 0.2) is 18.2 Å². The molecule has 0 amide bonds. The molecule has 0 spiro atoms. The molecular formula is C12H19BO4. The van der Waals surface area contributed by atoms with Gasteiger partial charge < -0.3 is 19.5 Å². The average Bonchev–Trinajstić information content (AvgIpc) is 2.30. The van der Waals surface area contributed by atoms with Gasteiger partial charge in [-0.25, -0.2) is 0 Å². The van der Waals surface area contributed by atoms with Crippen LogP contribution in [0.3, 0.4) is 0 Å². The Balaban J connectivity index is 2.43. The lowest BCUT2D eigenvalue weighted by molar-refractivity contribution is 0.184. The quantitative estimate of drug-likeness (QED) is 0.535. The molecule has 94 valence electrons. The first kappa shape index (κ1) is 14.0. The summed E-state index contributed by atoms with van der Waals surface area (Å²) < 4.78 is 10.5. The number of rotatable bonds is 7. The molecule has 0 unspecified atom stereocenters. The van der Waals surface area contributed by atoms with Crippen LogP contribution in [0.1, 0.15) is 18.4 Å². The highest BCUT2D eigenvalue weighted by molar-refractivity contribution is 6.58. The predicted molar refractivity (Wildman–Crippen MR) is 67.6 cm³/mol. The van der Waals surface area contributed by atoms with Gasteiger partial charge in [-0.05, 0) is 36.9 Å². The molecule has 1 aromatic rings.